The molecular weight excluding hydrogens is 214 g/mol. The van der Waals surface area contributed by atoms with E-state index in [1.165, 1.54) is 13.2 Å². The number of hydrogen-bond donors (Lipinski definition) is 3. The molecule has 2 aromatic heterocycles. The summed E-state index contributed by atoms with van der Waals surface area (Å²) in [5, 5.41) is 15.4. The maximum Gasteiger partial charge on any atom is 0.352 e. The molecule has 0 amide bonds. The van der Waals surface area contributed by atoms with Crippen LogP contribution in [0.3, 0.4) is 0 Å². The van der Waals surface area contributed by atoms with Crippen molar-refractivity contribution in [2.24, 2.45) is 0 Å². The monoisotopic (exact) mass is 223 g/mol. The van der Waals surface area contributed by atoms with E-state index in [2.05, 4.69) is 15.2 Å². The van der Waals surface area contributed by atoms with E-state index in [9.17, 15) is 9.59 Å². The Hall–Kier alpha value is -2.15. The van der Waals surface area contributed by atoms with Crippen molar-refractivity contribution in [2.75, 3.05) is 7.11 Å². The molecule has 0 radical (unpaired) electrons. The molecule has 0 atom stereocenters. The van der Waals surface area contributed by atoms with Crippen LogP contribution in [0.15, 0.2) is 10.9 Å². The van der Waals surface area contributed by atoms with Gasteiger partial charge in [0, 0.05) is 7.11 Å². The summed E-state index contributed by atoms with van der Waals surface area (Å²) in [6.45, 7) is 0.0822. The Bertz CT molecular complexity index is 598. The number of H-pyrrole nitrogens is 2. The number of hydrogen-bond acceptors (Lipinski definition) is 4. The fraction of sp³-hybridized carbons (Fsp3) is 0.222. The molecule has 0 unspecified atom stereocenters. The highest BCUT2D eigenvalue weighted by atomic mass is 16.5. The first kappa shape index (κ1) is 10.4. The van der Waals surface area contributed by atoms with Gasteiger partial charge >= 0.3 is 5.97 Å². The molecule has 0 aliphatic heterocycles. The fourth-order valence-electron chi connectivity index (χ4n) is 1.40. The van der Waals surface area contributed by atoms with Crippen molar-refractivity contribution in [3.05, 3.63) is 27.7 Å². The van der Waals surface area contributed by atoms with E-state index < -0.39 is 5.97 Å². The van der Waals surface area contributed by atoms with E-state index in [0.29, 0.717) is 5.65 Å². The third-order valence-electron chi connectivity index (χ3n) is 2.14. The number of rotatable bonds is 3. The topological polar surface area (TPSA) is 108 Å². The molecule has 0 aliphatic rings. The Morgan fingerprint density at radius 1 is 1.62 bits per heavy atom. The lowest BCUT2D eigenvalue weighted by atomic mass is 10.3. The van der Waals surface area contributed by atoms with Gasteiger partial charge in [-0.2, -0.15) is 5.10 Å². The number of aromatic amines is 2. The van der Waals surface area contributed by atoms with Gasteiger partial charge in [0.1, 0.15) is 17.0 Å². The Kier molecular flexibility index (Phi) is 2.45. The van der Waals surface area contributed by atoms with Crippen LogP contribution in [0.4, 0.5) is 0 Å². The van der Waals surface area contributed by atoms with Gasteiger partial charge in [-0.3, -0.25) is 9.89 Å². The number of methoxy groups -OCH3 is 1. The van der Waals surface area contributed by atoms with E-state index in [1.807, 2.05) is 0 Å². The third kappa shape index (κ3) is 1.57. The van der Waals surface area contributed by atoms with Gasteiger partial charge in [-0.15, -0.1) is 0 Å². The summed E-state index contributed by atoms with van der Waals surface area (Å²) in [7, 11) is 1.45. The van der Waals surface area contributed by atoms with Gasteiger partial charge in [-0.05, 0) is 6.07 Å². The number of carboxylic acids is 1. The average molecular weight is 223 g/mol. The lowest BCUT2D eigenvalue weighted by molar-refractivity contribution is 0.0691. The number of ether oxygens (including phenoxy) is 1. The van der Waals surface area contributed by atoms with Gasteiger partial charge in [0.05, 0.1) is 12.0 Å². The van der Waals surface area contributed by atoms with E-state index in [-0.39, 0.29) is 28.8 Å². The summed E-state index contributed by atoms with van der Waals surface area (Å²) in [5.74, 6) is -1.13. The summed E-state index contributed by atoms with van der Waals surface area (Å²) in [6, 6.07) is 1.28. The highest BCUT2D eigenvalue weighted by Gasteiger charge is 2.12. The summed E-state index contributed by atoms with van der Waals surface area (Å²) < 4.78 is 4.80. The normalized spacial score (nSPS) is 10.8. The number of carbonyl (C=O) groups is 1. The highest BCUT2D eigenvalue weighted by Crippen LogP contribution is 2.08. The van der Waals surface area contributed by atoms with Gasteiger partial charge in [0.25, 0.3) is 0 Å². The van der Waals surface area contributed by atoms with Crippen LogP contribution in [0, 0.1) is 0 Å². The number of fused-ring (bicyclic) bond motifs is 1. The first-order chi connectivity index (χ1) is 7.63. The zero-order valence-corrected chi connectivity index (χ0v) is 8.40. The molecule has 0 saturated heterocycles. The first-order valence-corrected chi connectivity index (χ1v) is 4.46. The van der Waals surface area contributed by atoms with Gasteiger partial charge in [-0.1, -0.05) is 0 Å². The third-order valence-corrected chi connectivity index (χ3v) is 2.14. The number of aromatic nitrogens is 3. The number of nitrogens with zero attached hydrogens (tertiary/aromatic N) is 1. The molecule has 0 spiro atoms. The molecule has 2 heterocycles. The van der Waals surface area contributed by atoms with Crippen molar-refractivity contribution in [1.82, 2.24) is 15.2 Å². The van der Waals surface area contributed by atoms with Gasteiger partial charge < -0.3 is 14.8 Å². The zero-order valence-electron chi connectivity index (χ0n) is 8.40. The fourth-order valence-corrected chi connectivity index (χ4v) is 1.40. The minimum absolute atomic E-state index is 0.0558. The number of carboxylic acid groups (broad SMARTS) is 1. The summed E-state index contributed by atoms with van der Waals surface area (Å²) in [6.07, 6.45) is 0. The van der Waals surface area contributed by atoms with E-state index in [0.717, 1.165) is 0 Å². The minimum atomic E-state index is -1.13. The number of aromatic carboxylic acids is 1. The van der Waals surface area contributed by atoms with E-state index >= 15 is 0 Å². The van der Waals surface area contributed by atoms with Gasteiger partial charge in [0.15, 0.2) is 0 Å². The Morgan fingerprint density at radius 2 is 2.38 bits per heavy atom. The second kappa shape index (κ2) is 3.78. The SMILES string of the molecule is COCc1n[nH]c2[nH]c(C(=O)O)cc2c1=O. The zero-order chi connectivity index (χ0) is 11.7. The average Bonchev–Trinajstić information content (AvgIpc) is 2.67. The molecule has 0 bridgehead atoms. The molecule has 7 nitrogen and oxygen atoms in total. The molecular formula is C9H9N3O4. The smallest absolute Gasteiger partial charge is 0.352 e. The van der Waals surface area contributed by atoms with Gasteiger partial charge in [0.2, 0.25) is 5.43 Å². The molecule has 2 rings (SSSR count). The Labute approximate surface area is 89.1 Å². The summed E-state index contributed by atoms with van der Waals surface area (Å²) in [5.41, 5.74) is 0.118. The molecule has 0 aromatic carbocycles. The Morgan fingerprint density at radius 3 is 3.00 bits per heavy atom. The van der Waals surface area contributed by atoms with Crippen LogP contribution in [0.25, 0.3) is 11.0 Å². The van der Waals surface area contributed by atoms with Crippen molar-refractivity contribution in [3.8, 4) is 0 Å². The molecule has 7 heteroatoms. The van der Waals surface area contributed by atoms with Gasteiger partial charge in [-0.25, -0.2) is 4.79 Å². The lowest BCUT2D eigenvalue weighted by Gasteiger charge is -1.96. The lowest BCUT2D eigenvalue weighted by Crippen LogP contribution is -2.13. The van der Waals surface area contributed by atoms with Crippen LogP contribution >= 0.6 is 0 Å². The van der Waals surface area contributed by atoms with Crippen LogP contribution in [0.2, 0.25) is 0 Å². The van der Waals surface area contributed by atoms with Crippen molar-refractivity contribution >= 4 is 17.0 Å². The first-order valence-electron chi connectivity index (χ1n) is 4.46. The predicted molar refractivity (Wildman–Crippen MR) is 54.4 cm³/mol. The largest absolute Gasteiger partial charge is 0.477 e. The molecule has 3 N–H and O–H groups in total. The van der Waals surface area contributed by atoms with Crippen LogP contribution in [-0.4, -0.2) is 33.4 Å². The van der Waals surface area contributed by atoms with Crippen LogP contribution in [0.5, 0.6) is 0 Å². The van der Waals surface area contributed by atoms with Crippen LogP contribution in [0.1, 0.15) is 16.2 Å². The van der Waals surface area contributed by atoms with Crippen LogP contribution in [-0.2, 0) is 11.3 Å². The summed E-state index contributed by atoms with van der Waals surface area (Å²) in [4.78, 5) is 25.0. The number of nitrogens with one attached hydrogen (secondary N) is 2. The maximum atomic E-state index is 11.8. The quantitative estimate of drug-likeness (QED) is 0.683. The van der Waals surface area contributed by atoms with Crippen molar-refractivity contribution in [3.63, 3.8) is 0 Å². The maximum absolute atomic E-state index is 11.8. The highest BCUT2D eigenvalue weighted by molar-refractivity contribution is 5.92. The predicted octanol–water partition coefficient (Wildman–Crippen LogP) is 0.0958. The second-order valence-electron chi connectivity index (χ2n) is 3.21. The van der Waals surface area contributed by atoms with Crippen molar-refractivity contribution in [1.29, 1.82) is 0 Å². The molecule has 84 valence electrons. The van der Waals surface area contributed by atoms with Crippen LogP contribution < -0.4 is 5.43 Å². The molecule has 0 aliphatic carbocycles. The van der Waals surface area contributed by atoms with E-state index in [1.54, 1.807) is 0 Å². The molecule has 0 saturated carbocycles. The standard InChI is InChI=1S/C9H9N3O4/c1-16-3-6-7(13)4-2-5(9(14)15)10-8(4)12-11-6/h2H,3H2,1H3,(H,14,15)(H2,10,12,13). The van der Waals surface area contributed by atoms with Crippen molar-refractivity contribution in [2.45, 2.75) is 6.61 Å². The van der Waals surface area contributed by atoms with Crippen molar-refractivity contribution < 1.29 is 14.6 Å². The second-order valence-corrected chi connectivity index (χ2v) is 3.21. The molecule has 16 heavy (non-hydrogen) atoms. The van der Waals surface area contributed by atoms with E-state index in [4.69, 9.17) is 9.84 Å². The summed E-state index contributed by atoms with van der Waals surface area (Å²) >= 11 is 0. The minimum Gasteiger partial charge on any atom is -0.477 e. The Balaban J connectivity index is 2.65. The molecule has 2 aromatic rings. The molecule has 0 fully saturated rings.